The lowest BCUT2D eigenvalue weighted by molar-refractivity contribution is -0.119. The second-order valence-corrected chi connectivity index (χ2v) is 30.8. The summed E-state index contributed by atoms with van der Waals surface area (Å²) in [5.41, 5.74) is 5.78. The largest absolute Gasteiger partial charge is 0.408 e. The van der Waals surface area contributed by atoms with Gasteiger partial charge in [0, 0.05) is 23.9 Å². The van der Waals surface area contributed by atoms with Crippen LogP contribution in [0.2, 0.25) is 18.1 Å². The van der Waals surface area contributed by atoms with Crippen molar-refractivity contribution in [3.8, 4) is 12.1 Å². The molecular weight excluding hydrogens is 1080 g/mol. The van der Waals surface area contributed by atoms with Gasteiger partial charge in [-0.15, -0.1) is 0 Å². The number of anilines is 2. The number of nitrogens with zero attached hydrogens (tertiary/aromatic N) is 9. The number of hydrogen-bond donors (Lipinski definition) is 7. The van der Waals surface area contributed by atoms with Gasteiger partial charge in [0.25, 0.3) is 26.3 Å². The number of aromatic amines is 2. The Kier molecular flexibility index (Phi) is 20.6. The monoisotopic (exact) mass is 1150 g/mol. The molecule has 0 aliphatic carbocycles. The number of nitriles is 2. The van der Waals surface area contributed by atoms with Crippen LogP contribution in [0.25, 0.3) is 22.3 Å². The van der Waals surface area contributed by atoms with Crippen molar-refractivity contribution >= 4 is 81.3 Å². The minimum absolute atomic E-state index is 0.0237. The number of H-pyrrole nitrogens is 2. The molecule has 0 bridgehead atoms. The fourth-order valence-electron chi connectivity index (χ4n) is 8.04. The highest BCUT2D eigenvalue weighted by Gasteiger charge is 2.52. The molecule has 0 radical (unpaired) electrons. The minimum atomic E-state index is -3.87. The number of nitrogens with one attached hydrogen (secondary N) is 5. The number of nitrogens with two attached hydrogens (primary N) is 1. The Morgan fingerprint density at radius 2 is 1.36 bits per heavy atom. The summed E-state index contributed by atoms with van der Waals surface area (Å²) < 4.78 is 50.8. The van der Waals surface area contributed by atoms with Gasteiger partial charge in [-0.3, -0.25) is 48.9 Å². The molecule has 6 rings (SSSR count). The highest BCUT2D eigenvalue weighted by molar-refractivity contribution is 8.09. The van der Waals surface area contributed by atoms with Crippen molar-refractivity contribution in [3.05, 3.63) is 33.4 Å². The number of carbonyl (C=O) groups is 2. The summed E-state index contributed by atoms with van der Waals surface area (Å²) in [6.07, 6.45) is -4.15. The topological polar surface area (TPSA) is 359 Å². The van der Waals surface area contributed by atoms with Gasteiger partial charge >= 0.3 is 0 Å². The number of rotatable bonds is 25. The third-order valence-corrected chi connectivity index (χ3v) is 22.3. The van der Waals surface area contributed by atoms with E-state index in [1.54, 1.807) is 27.7 Å². The van der Waals surface area contributed by atoms with E-state index < -0.39 is 101 Å². The van der Waals surface area contributed by atoms with E-state index in [0.29, 0.717) is 0 Å². The van der Waals surface area contributed by atoms with Gasteiger partial charge in [-0.05, 0) is 57.6 Å². The fraction of sp³-hybridized carbons (Fsp3) is 0.696. The molecule has 77 heavy (non-hydrogen) atoms. The quantitative estimate of drug-likeness (QED) is 0.0268. The zero-order valence-corrected chi connectivity index (χ0v) is 49.3. The lowest BCUT2D eigenvalue weighted by Gasteiger charge is -2.40. The first-order valence-corrected chi connectivity index (χ1v) is 32.0. The maximum absolute atomic E-state index is 13.3. The van der Waals surface area contributed by atoms with Gasteiger partial charge in [-0.2, -0.15) is 20.5 Å². The Hall–Kier alpha value is -4.52. The smallest absolute Gasteiger partial charge is 0.280 e. The van der Waals surface area contributed by atoms with Crippen molar-refractivity contribution in [3.63, 3.8) is 0 Å². The normalized spacial score (nSPS) is 23.4. The first-order chi connectivity index (χ1) is 36.1. The van der Waals surface area contributed by atoms with Crippen molar-refractivity contribution in [2.24, 2.45) is 17.6 Å². The number of hydrogen-bond acceptors (Lipinski definition) is 21. The number of aromatic nitrogens is 8. The molecule has 0 spiro atoms. The van der Waals surface area contributed by atoms with Crippen molar-refractivity contribution < 1.29 is 46.7 Å². The van der Waals surface area contributed by atoms with Gasteiger partial charge in [0.2, 0.25) is 23.7 Å². The average Bonchev–Trinajstić information content (AvgIpc) is 4.10. The number of fused-ring (bicyclic) bond motifs is 2. The third-order valence-electron chi connectivity index (χ3n) is 13.2. The van der Waals surface area contributed by atoms with Crippen LogP contribution in [0.15, 0.2) is 22.2 Å². The molecule has 2 saturated heterocycles. The summed E-state index contributed by atoms with van der Waals surface area (Å²) in [5.74, 6) is -1.89. The predicted octanol–water partition coefficient (Wildman–Crippen LogP) is 4.74. The van der Waals surface area contributed by atoms with Crippen molar-refractivity contribution in [1.29, 1.82) is 10.5 Å². The molecule has 424 valence electrons. The Balaban J connectivity index is 1.37. The fourth-order valence-corrected chi connectivity index (χ4v) is 13.3. The van der Waals surface area contributed by atoms with Crippen molar-refractivity contribution in [1.82, 2.24) is 48.8 Å². The number of ether oxygens (including phenoxy) is 2. The van der Waals surface area contributed by atoms with Crippen LogP contribution in [0.3, 0.4) is 0 Å². The van der Waals surface area contributed by atoms with Gasteiger partial charge in [-0.25, -0.2) is 19.7 Å². The van der Waals surface area contributed by atoms with Gasteiger partial charge in [0.15, 0.2) is 43.1 Å². The van der Waals surface area contributed by atoms with Crippen LogP contribution in [0.1, 0.15) is 101 Å². The molecule has 8 N–H and O–H groups in total. The Morgan fingerprint density at radius 3 is 1.86 bits per heavy atom. The van der Waals surface area contributed by atoms with E-state index in [0.717, 1.165) is 0 Å². The SMILES string of the molecule is CC(C)C(=O)Nc1nc2c(ncn2[C@@H]2O[C@H](COP(=S)(N[C@H]3[C@@H](O)[C@H](n4cnc5c(=O)[nH]c(NC(=O)C(C)C)nc54)O[C@@H]3COP(OCCC#N)N(C(C)C)C(C)C)OCCC#N)[C@@H](N)C2O[Si](C)(C)C(C)(C)C)c(=O)[nH]1. The molecule has 4 aromatic heterocycles. The van der Waals surface area contributed by atoms with Crippen LogP contribution in [0.4, 0.5) is 11.9 Å². The molecule has 31 heteroatoms. The third kappa shape index (κ3) is 14.5. The zero-order chi connectivity index (χ0) is 56.9. The summed E-state index contributed by atoms with van der Waals surface area (Å²) in [7, 11) is -4.47. The molecule has 10 atom stereocenters. The van der Waals surface area contributed by atoms with Gasteiger partial charge in [0.05, 0.1) is 76.1 Å². The molecule has 6 heterocycles. The summed E-state index contributed by atoms with van der Waals surface area (Å²) in [4.78, 5) is 74.8. The predicted molar refractivity (Wildman–Crippen MR) is 292 cm³/mol. The van der Waals surface area contributed by atoms with E-state index in [1.165, 1.54) is 21.8 Å². The molecule has 2 aliphatic heterocycles. The van der Waals surface area contributed by atoms with Gasteiger partial charge in [0.1, 0.15) is 24.4 Å². The van der Waals surface area contributed by atoms with E-state index in [4.69, 9.17) is 49.5 Å². The van der Waals surface area contributed by atoms with E-state index >= 15 is 0 Å². The van der Waals surface area contributed by atoms with Crippen molar-refractivity contribution in [2.45, 2.75) is 168 Å². The summed E-state index contributed by atoms with van der Waals surface area (Å²) in [6, 6.07) is 1.93. The Morgan fingerprint density at radius 1 is 0.857 bits per heavy atom. The van der Waals surface area contributed by atoms with Gasteiger partial charge < -0.3 is 42.8 Å². The Labute approximate surface area is 453 Å². The maximum atomic E-state index is 13.3. The molecule has 2 aliphatic rings. The van der Waals surface area contributed by atoms with Crippen LogP contribution in [0, 0.1) is 34.5 Å². The van der Waals surface area contributed by atoms with Crippen LogP contribution >= 0.6 is 15.2 Å². The highest BCUT2D eigenvalue weighted by atomic mass is 32.5. The molecule has 4 aromatic rings. The van der Waals surface area contributed by atoms with E-state index in [1.807, 2.05) is 38.4 Å². The summed E-state index contributed by atoms with van der Waals surface area (Å²) in [5, 5.41) is 39.6. The molecule has 0 saturated carbocycles. The minimum Gasteiger partial charge on any atom is -0.408 e. The van der Waals surface area contributed by atoms with Crippen LogP contribution in [0.5, 0.6) is 0 Å². The first-order valence-electron chi connectivity index (χ1n) is 25.3. The van der Waals surface area contributed by atoms with Gasteiger partial charge in [-0.1, -0.05) is 48.5 Å². The van der Waals surface area contributed by atoms with Crippen LogP contribution < -0.4 is 32.6 Å². The number of aliphatic hydroxyl groups is 1. The number of amides is 2. The lowest BCUT2D eigenvalue weighted by atomic mass is 10.1. The number of aliphatic hydroxyl groups excluding tert-OH is 1. The van der Waals surface area contributed by atoms with E-state index in [-0.39, 0.29) is 96.5 Å². The van der Waals surface area contributed by atoms with Crippen LogP contribution in [-0.4, -0.2) is 144 Å². The van der Waals surface area contributed by atoms with E-state index in [2.05, 4.69) is 85.6 Å². The molecule has 2 amide bonds. The molecule has 0 aromatic carbocycles. The molecule has 27 nitrogen and oxygen atoms in total. The number of carbonyl (C=O) groups excluding carboxylic acids is 2. The molecular formula is C46H73N15O12P2SSi. The lowest BCUT2D eigenvalue weighted by Crippen LogP contribution is -2.51. The van der Waals surface area contributed by atoms with E-state index in [9.17, 15) is 34.8 Å². The first kappa shape index (κ1) is 61.7. The zero-order valence-electron chi connectivity index (χ0n) is 45.7. The van der Waals surface area contributed by atoms with Crippen molar-refractivity contribution in [2.75, 3.05) is 37.1 Å². The summed E-state index contributed by atoms with van der Waals surface area (Å²) in [6.45, 7) is 20.5. The highest BCUT2D eigenvalue weighted by Crippen LogP contribution is 2.51. The van der Waals surface area contributed by atoms with Crippen LogP contribution in [-0.2, 0) is 53.4 Å². The second-order valence-electron chi connectivity index (χ2n) is 21.3. The maximum Gasteiger partial charge on any atom is 0.280 e. The molecule has 2 fully saturated rings. The number of imidazole rings is 2. The second kappa shape index (κ2) is 25.7. The Bertz CT molecular complexity index is 2960. The standard InChI is InChI=1S/C46H73N15O12P2SSi/c1-24(2)38(63)54-44-52-36-32(40(65)56-44)50-22-59(36)42-34(62)31(29(72-42)20-68-74(67-18-14-16-47)61(26(5)6)27(7)8)58-75(76,69-19-15-17-48)70-21-28-30(49)35(73-77(12,13)46(9,10)11)43(71-28)60-23-51-33-37(60)53-45(57-41(33)66)55-39(64)25(3)4/h22-31,34-35,42-43,62H,14-15,18-21,49H2,1-13H3,(H,58,76)(H2,52,54,56,63,65)(H2,53,55,57,64,66)/t28-,29-,30-,31-,34-,35?,42-,43-,74?,75?/m1/s1. The molecule has 3 unspecified atom stereocenters. The summed E-state index contributed by atoms with van der Waals surface area (Å²) >= 11 is 6.22. The average molecular weight is 1150 g/mol.